The summed E-state index contributed by atoms with van der Waals surface area (Å²) in [6.45, 7) is 5.05. The number of benzene rings is 1. The zero-order valence-corrected chi connectivity index (χ0v) is 14.3. The number of likely N-dealkylation sites (N-methyl/N-ethyl adjacent to an activating group) is 1. The van der Waals surface area contributed by atoms with E-state index in [0.29, 0.717) is 19.0 Å². The maximum absolute atomic E-state index is 11.5. The van der Waals surface area contributed by atoms with Gasteiger partial charge in [0.15, 0.2) is 0 Å². The third kappa shape index (κ3) is 6.20. The Balaban J connectivity index is 1.85. The van der Waals surface area contributed by atoms with Gasteiger partial charge in [-0.3, -0.25) is 4.90 Å². The number of nitrogens with zero attached hydrogens (tertiary/aromatic N) is 3. The molecule has 1 heterocycles. The first kappa shape index (κ1) is 17.8. The van der Waals surface area contributed by atoms with E-state index in [4.69, 9.17) is 0 Å². The summed E-state index contributed by atoms with van der Waals surface area (Å²) in [4.78, 5) is 17.5. The lowest BCUT2D eigenvalue weighted by Gasteiger charge is -2.35. The van der Waals surface area contributed by atoms with Crippen molar-refractivity contribution in [1.29, 1.82) is 0 Å². The van der Waals surface area contributed by atoms with Crippen LogP contribution in [0.25, 0.3) is 0 Å². The molecule has 5 nitrogen and oxygen atoms in total. The minimum absolute atomic E-state index is 0.436. The molecule has 1 aliphatic heterocycles. The summed E-state index contributed by atoms with van der Waals surface area (Å²) in [6.07, 6.45) is 1.47. The van der Waals surface area contributed by atoms with Gasteiger partial charge in [0.1, 0.15) is 0 Å². The van der Waals surface area contributed by atoms with Crippen LogP contribution in [0.3, 0.4) is 0 Å². The van der Waals surface area contributed by atoms with Gasteiger partial charge in [-0.05, 0) is 45.0 Å². The molecule has 1 aliphatic rings. The van der Waals surface area contributed by atoms with Crippen molar-refractivity contribution in [2.75, 3.05) is 46.8 Å². The number of hydrogen-bond donors (Lipinski definition) is 1. The quantitative estimate of drug-likeness (QED) is 0.838. The number of likely N-dealkylation sites (tertiary alicyclic amines) is 1. The summed E-state index contributed by atoms with van der Waals surface area (Å²) in [6, 6.07) is 10.5. The molecular weight excluding hydrogens is 290 g/mol. The Bertz CT molecular complexity index is 478. The fourth-order valence-electron chi connectivity index (χ4n) is 3.18. The maximum Gasteiger partial charge on any atom is 0.407 e. The van der Waals surface area contributed by atoms with Crippen LogP contribution in [0.15, 0.2) is 30.3 Å². The molecule has 1 unspecified atom stereocenters. The van der Waals surface area contributed by atoms with Crippen molar-refractivity contribution in [1.82, 2.24) is 14.7 Å². The molecule has 0 aliphatic carbocycles. The molecule has 1 aromatic rings. The molecule has 1 aromatic carbocycles. The molecule has 1 amide bonds. The van der Waals surface area contributed by atoms with Crippen LogP contribution in [-0.2, 0) is 6.54 Å². The average Bonchev–Trinajstić information content (AvgIpc) is 2.52. The van der Waals surface area contributed by atoms with Crippen molar-refractivity contribution in [2.45, 2.75) is 19.4 Å². The van der Waals surface area contributed by atoms with Gasteiger partial charge in [-0.1, -0.05) is 30.3 Å². The Morgan fingerprint density at radius 3 is 2.65 bits per heavy atom. The Hall–Kier alpha value is -1.59. The Labute approximate surface area is 139 Å². The molecule has 1 fully saturated rings. The summed E-state index contributed by atoms with van der Waals surface area (Å²) >= 11 is 0. The van der Waals surface area contributed by atoms with Crippen LogP contribution in [0.1, 0.15) is 18.4 Å². The van der Waals surface area contributed by atoms with Crippen LogP contribution in [0, 0.1) is 5.92 Å². The van der Waals surface area contributed by atoms with E-state index in [0.717, 1.165) is 39.0 Å². The van der Waals surface area contributed by atoms with Gasteiger partial charge < -0.3 is 14.9 Å². The lowest BCUT2D eigenvalue weighted by molar-refractivity contribution is 0.106. The summed E-state index contributed by atoms with van der Waals surface area (Å²) < 4.78 is 0. The van der Waals surface area contributed by atoms with Crippen molar-refractivity contribution in [3.8, 4) is 0 Å². The smallest absolute Gasteiger partial charge is 0.407 e. The predicted molar refractivity (Wildman–Crippen MR) is 92.6 cm³/mol. The number of carboxylic acid groups (broad SMARTS) is 1. The van der Waals surface area contributed by atoms with E-state index >= 15 is 0 Å². The molecule has 0 spiro atoms. The lowest BCUT2D eigenvalue weighted by atomic mass is 9.97. The Morgan fingerprint density at radius 2 is 2.00 bits per heavy atom. The monoisotopic (exact) mass is 319 g/mol. The Morgan fingerprint density at radius 1 is 1.26 bits per heavy atom. The highest BCUT2D eigenvalue weighted by atomic mass is 16.4. The van der Waals surface area contributed by atoms with Crippen molar-refractivity contribution in [2.24, 2.45) is 5.92 Å². The van der Waals surface area contributed by atoms with Crippen LogP contribution in [-0.4, -0.2) is 72.7 Å². The summed E-state index contributed by atoms with van der Waals surface area (Å²) in [5.74, 6) is 0.436. The SMILES string of the molecule is CN(C)CCN(CC1CCCN(Cc2ccccc2)C1)C(=O)O. The van der Waals surface area contributed by atoms with Gasteiger partial charge in [-0.15, -0.1) is 0 Å². The molecule has 0 radical (unpaired) electrons. The van der Waals surface area contributed by atoms with E-state index in [9.17, 15) is 9.90 Å². The second kappa shape index (κ2) is 8.89. The van der Waals surface area contributed by atoms with E-state index in [1.165, 1.54) is 5.56 Å². The molecule has 1 saturated heterocycles. The molecule has 0 aromatic heterocycles. The second-order valence-corrected chi connectivity index (χ2v) is 6.76. The molecule has 0 bridgehead atoms. The zero-order chi connectivity index (χ0) is 16.7. The zero-order valence-electron chi connectivity index (χ0n) is 14.3. The largest absolute Gasteiger partial charge is 0.465 e. The minimum atomic E-state index is -0.799. The van der Waals surface area contributed by atoms with Gasteiger partial charge in [-0.25, -0.2) is 4.79 Å². The van der Waals surface area contributed by atoms with Gasteiger partial charge in [0.2, 0.25) is 0 Å². The van der Waals surface area contributed by atoms with E-state index in [-0.39, 0.29) is 0 Å². The van der Waals surface area contributed by atoms with Gasteiger partial charge >= 0.3 is 6.09 Å². The van der Waals surface area contributed by atoms with Gasteiger partial charge in [0.25, 0.3) is 0 Å². The van der Waals surface area contributed by atoms with Crippen LogP contribution < -0.4 is 0 Å². The summed E-state index contributed by atoms with van der Waals surface area (Å²) in [5.41, 5.74) is 1.33. The molecule has 2 rings (SSSR count). The third-order valence-electron chi connectivity index (χ3n) is 4.42. The number of carbonyl (C=O) groups is 1. The fourth-order valence-corrected chi connectivity index (χ4v) is 3.18. The van der Waals surface area contributed by atoms with Crippen LogP contribution >= 0.6 is 0 Å². The standard InChI is InChI=1S/C18H29N3O2/c1-19(2)11-12-21(18(22)23)15-17-9-6-10-20(14-17)13-16-7-4-3-5-8-16/h3-5,7-8,17H,6,9-15H2,1-2H3,(H,22,23). The summed E-state index contributed by atoms with van der Waals surface area (Å²) in [5, 5.41) is 9.41. The van der Waals surface area contributed by atoms with Crippen LogP contribution in [0.4, 0.5) is 4.79 Å². The van der Waals surface area contributed by atoms with Crippen molar-refractivity contribution < 1.29 is 9.90 Å². The molecular formula is C18H29N3O2. The van der Waals surface area contributed by atoms with Crippen molar-refractivity contribution >= 4 is 6.09 Å². The number of hydrogen-bond acceptors (Lipinski definition) is 3. The maximum atomic E-state index is 11.5. The fraction of sp³-hybridized carbons (Fsp3) is 0.611. The first-order valence-electron chi connectivity index (χ1n) is 8.43. The van der Waals surface area contributed by atoms with Gasteiger partial charge in [0, 0.05) is 32.7 Å². The van der Waals surface area contributed by atoms with Crippen molar-refractivity contribution in [3.63, 3.8) is 0 Å². The lowest BCUT2D eigenvalue weighted by Crippen LogP contribution is -2.44. The molecule has 1 N–H and O–H groups in total. The number of piperidine rings is 1. The van der Waals surface area contributed by atoms with Gasteiger partial charge in [0.05, 0.1) is 0 Å². The van der Waals surface area contributed by atoms with Crippen molar-refractivity contribution in [3.05, 3.63) is 35.9 Å². The molecule has 23 heavy (non-hydrogen) atoms. The Kier molecular flexibility index (Phi) is 6.86. The predicted octanol–water partition coefficient (Wildman–Crippen LogP) is 2.44. The number of rotatable bonds is 7. The highest BCUT2D eigenvalue weighted by Gasteiger charge is 2.24. The first-order valence-corrected chi connectivity index (χ1v) is 8.43. The normalized spacial score (nSPS) is 19.0. The van der Waals surface area contributed by atoms with E-state index in [1.807, 2.05) is 25.1 Å². The van der Waals surface area contributed by atoms with Gasteiger partial charge in [-0.2, -0.15) is 0 Å². The van der Waals surface area contributed by atoms with Crippen LogP contribution in [0.2, 0.25) is 0 Å². The molecule has 5 heteroatoms. The average molecular weight is 319 g/mol. The topological polar surface area (TPSA) is 47.0 Å². The highest BCUT2D eigenvalue weighted by molar-refractivity contribution is 5.64. The minimum Gasteiger partial charge on any atom is -0.465 e. The molecule has 128 valence electrons. The molecule has 0 saturated carbocycles. The number of amides is 1. The van der Waals surface area contributed by atoms with E-state index in [1.54, 1.807) is 4.90 Å². The van der Waals surface area contributed by atoms with E-state index < -0.39 is 6.09 Å². The van der Waals surface area contributed by atoms with Crippen LogP contribution in [0.5, 0.6) is 0 Å². The first-order chi connectivity index (χ1) is 11.0. The summed E-state index contributed by atoms with van der Waals surface area (Å²) in [7, 11) is 3.95. The molecule has 1 atom stereocenters. The second-order valence-electron chi connectivity index (χ2n) is 6.76. The highest BCUT2D eigenvalue weighted by Crippen LogP contribution is 2.19. The third-order valence-corrected chi connectivity index (χ3v) is 4.42. The van der Waals surface area contributed by atoms with E-state index in [2.05, 4.69) is 29.2 Å².